The van der Waals surface area contributed by atoms with E-state index in [2.05, 4.69) is 43.2 Å². The number of nitrogens with zero attached hydrogens (tertiary/aromatic N) is 3. The van der Waals surface area contributed by atoms with Gasteiger partial charge in [0.05, 0.1) is 6.42 Å². The van der Waals surface area contributed by atoms with Crippen LogP contribution < -0.4 is 10.6 Å². The summed E-state index contributed by atoms with van der Waals surface area (Å²) in [5.74, 6) is 1.03. The number of aliphatic imine (C=N–C) groups is 1. The fourth-order valence-corrected chi connectivity index (χ4v) is 7.44. The number of benzene rings is 1. The van der Waals surface area contributed by atoms with Gasteiger partial charge < -0.3 is 10.6 Å². The lowest BCUT2D eigenvalue weighted by molar-refractivity contribution is -0.125. The van der Waals surface area contributed by atoms with Crippen LogP contribution in [0.1, 0.15) is 83.8 Å². The number of carbonyl (C=O) groups excluding carboxylic acids is 2. The molecule has 3 aliphatic rings. The topological polar surface area (TPSA) is 111 Å². The summed E-state index contributed by atoms with van der Waals surface area (Å²) < 4.78 is 27.5. The van der Waals surface area contributed by atoms with Gasteiger partial charge in [0.25, 0.3) is 5.91 Å². The maximum absolute atomic E-state index is 13.0. The molecule has 2 N–H and O–H groups in total. The monoisotopic (exact) mass is 585 g/mol. The normalized spacial score (nSPS) is 20.4. The zero-order valence-corrected chi connectivity index (χ0v) is 25.9. The second-order valence-electron chi connectivity index (χ2n) is 12.3. The smallest absolute Gasteiger partial charge is 0.253 e. The number of hydrogen-bond acceptors (Lipinski definition) is 6. The minimum absolute atomic E-state index is 0.0302. The molecule has 0 atom stereocenters. The highest BCUT2D eigenvalue weighted by molar-refractivity contribution is 7.92. The van der Waals surface area contributed by atoms with E-state index in [4.69, 9.17) is 4.99 Å². The van der Waals surface area contributed by atoms with Gasteiger partial charge in [0.15, 0.2) is 0 Å². The van der Waals surface area contributed by atoms with Crippen LogP contribution >= 0.6 is 0 Å². The van der Waals surface area contributed by atoms with Crippen molar-refractivity contribution >= 4 is 33.7 Å². The van der Waals surface area contributed by atoms with Crippen molar-refractivity contribution in [2.24, 2.45) is 10.9 Å². The molecule has 1 saturated carbocycles. The van der Waals surface area contributed by atoms with Crippen LogP contribution in [0.15, 0.2) is 34.7 Å². The van der Waals surface area contributed by atoms with E-state index in [-0.39, 0.29) is 31.3 Å². The van der Waals surface area contributed by atoms with Crippen molar-refractivity contribution in [2.75, 3.05) is 26.2 Å². The van der Waals surface area contributed by atoms with E-state index in [1.54, 1.807) is 6.08 Å². The van der Waals surface area contributed by atoms with Gasteiger partial charge in [-0.2, -0.15) is 4.31 Å². The van der Waals surface area contributed by atoms with E-state index in [0.717, 1.165) is 36.3 Å². The average Bonchev–Trinajstić information content (AvgIpc) is 3.26. The van der Waals surface area contributed by atoms with Crippen LogP contribution in [-0.2, 0) is 26.0 Å². The van der Waals surface area contributed by atoms with Crippen molar-refractivity contribution in [2.45, 2.75) is 96.7 Å². The Morgan fingerprint density at radius 3 is 2.34 bits per heavy atom. The summed E-state index contributed by atoms with van der Waals surface area (Å²) in [5.41, 5.74) is 0.788. The minimum atomic E-state index is -3.63. The van der Waals surface area contributed by atoms with E-state index < -0.39 is 15.6 Å². The largest absolute Gasteiger partial charge is 0.355 e. The molecule has 4 rings (SSSR count). The van der Waals surface area contributed by atoms with Crippen LogP contribution in [0.4, 0.5) is 0 Å². The Morgan fingerprint density at radius 2 is 1.73 bits per heavy atom. The third-order valence-electron chi connectivity index (χ3n) is 8.70. The SMILES string of the molecule is CC(C)N(CCNC(=O)Cc1ccc(/C=C/S(=O)(=O)N2CCC3(CC2)N=C(C2CCCCC2)NC3=O)cc1)C(C)C. The summed E-state index contributed by atoms with van der Waals surface area (Å²) in [6.07, 6.45) is 8.34. The predicted molar refractivity (Wildman–Crippen MR) is 164 cm³/mol. The lowest BCUT2D eigenvalue weighted by Gasteiger charge is -2.34. The minimum Gasteiger partial charge on any atom is -0.355 e. The number of rotatable bonds is 11. The number of nitrogens with one attached hydrogen (secondary N) is 2. The Morgan fingerprint density at radius 1 is 1.10 bits per heavy atom. The molecule has 9 nitrogen and oxygen atoms in total. The Labute approximate surface area is 245 Å². The van der Waals surface area contributed by atoms with Crippen molar-refractivity contribution < 1.29 is 18.0 Å². The Balaban J connectivity index is 1.26. The van der Waals surface area contributed by atoms with Crippen LogP contribution in [0.5, 0.6) is 0 Å². The molecule has 10 heteroatoms. The molecule has 1 aliphatic carbocycles. The summed E-state index contributed by atoms with van der Waals surface area (Å²) in [7, 11) is -3.63. The number of hydrogen-bond donors (Lipinski definition) is 2. The highest BCUT2D eigenvalue weighted by Gasteiger charge is 2.48. The Kier molecular flexibility index (Phi) is 10.4. The molecule has 0 aromatic heterocycles. The maximum Gasteiger partial charge on any atom is 0.253 e. The standard InChI is InChI=1S/C31H47N5O4S/c1-23(2)36(24(3)4)20-17-32-28(37)22-26-12-10-25(11-13-26)14-21-41(39,40)35-18-15-31(16-19-35)30(38)33-29(34-31)27-8-6-5-7-9-27/h10-14,21,23-24,27H,5-9,15-20,22H2,1-4H3,(H,32,37)(H,33,34,38)/b21-14+. The van der Waals surface area contributed by atoms with Crippen molar-refractivity contribution in [3.8, 4) is 0 Å². The van der Waals surface area contributed by atoms with Crippen LogP contribution in [0.3, 0.4) is 0 Å². The van der Waals surface area contributed by atoms with E-state index >= 15 is 0 Å². The molecule has 0 bridgehead atoms. The van der Waals surface area contributed by atoms with Gasteiger partial charge >= 0.3 is 0 Å². The Hall–Kier alpha value is -2.56. The molecule has 1 spiro atoms. The number of sulfonamides is 1. The summed E-state index contributed by atoms with van der Waals surface area (Å²) in [4.78, 5) is 32.4. The molecule has 1 saturated heterocycles. The zero-order chi connectivity index (χ0) is 29.6. The van der Waals surface area contributed by atoms with Crippen molar-refractivity contribution in [3.63, 3.8) is 0 Å². The Bertz CT molecular complexity index is 1220. The van der Waals surface area contributed by atoms with Gasteiger partial charge in [-0.15, -0.1) is 0 Å². The maximum atomic E-state index is 13.0. The lowest BCUT2D eigenvalue weighted by Crippen LogP contribution is -2.50. The van der Waals surface area contributed by atoms with E-state index in [9.17, 15) is 18.0 Å². The van der Waals surface area contributed by atoms with Gasteiger partial charge in [0, 0.05) is 49.6 Å². The van der Waals surface area contributed by atoms with Crippen molar-refractivity contribution in [1.29, 1.82) is 0 Å². The number of amidine groups is 1. The molecule has 1 aromatic rings. The molecule has 2 aliphatic heterocycles. The summed E-state index contributed by atoms with van der Waals surface area (Å²) in [6.45, 7) is 10.6. The van der Waals surface area contributed by atoms with E-state index in [1.807, 2.05) is 24.3 Å². The molecule has 0 radical (unpaired) electrons. The quantitative estimate of drug-likeness (QED) is 0.411. The molecular weight excluding hydrogens is 538 g/mol. The first kappa shape index (κ1) is 31.4. The lowest BCUT2D eigenvalue weighted by atomic mass is 9.88. The second kappa shape index (κ2) is 13.6. The molecular formula is C31H47N5O4S. The van der Waals surface area contributed by atoms with Crippen molar-refractivity contribution in [1.82, 2.24) is 19.8 Å². The summed E-state index contributed by atoms with van der Waals surface area (Å²) in [5, 5.41) is 7.25. The third-order valence-corrected chi connectivity index (χ3v) is 10.3. The average molecular weight is 586 g/mol. The van der Waals surface area contributed by atoms with Gasteiger partial charge in [-0.05, 0) is 70.6 Å². The van der Waals surface area contributed by atoms with Gasteiger partial charge in [0.1, 0.15) is 11.4 Å². The molecule has 41 heavy (non-hydrogen) atoms. The second-order valence-corrected chi connectivity index (χ2v) is 14.1. The molecule has 0 unspecified atom stereocenters. The highest BCUT2D eigenvalue weighted by atomic mass is 32.2. The van der Waals surface area contributed by atoms with Gasteiger partial charge in [-0.1, -0.05) is 43.5 Å². The van der Waals surface area contributed by atoms with Gasteiger partial charge in [0.2, 0.25) is 15.9 Å². The summed E-state index contributed by atoms with van der Waals surface area (Å²) >= 11 is 0. The molecule has 226 valence electrons. The van der Waals surface area contributed by atoms with Crippen molar-refractivity contribution in [3.05, 3.63) is 40.8 Å². The first-order valence-electron chi connectivity index (χ1n) is 15.2. The van der Waals surface area contributed by atoms with E-state index in [1.165, 1.54) is 29.0 Å². The fraction of sp³-hybridized carbons (Fsp3) is 0.645. The van der Waals surface area contributed by atoms with Gasteiger partial charge in [-0.25, -0.2) is 8.42 Å². The van der Waals surface area contributed by atoms with Crippen LogP contribution in [0, 0.1) is 5.92 Å². The third kappa shape index (κ3) is 8.05. The van der Waals surface area contributed by atoms with Crippen LogP contribution in [-0.4, -0.2) is 79.1 Å². The molecule has 1 aromatic carbocycles. The van der Waals surface area contributed by atoms with Crippen LogP contribution in [0.2, 0.25) is 0 Å². The highest BCUT2D eigenvalue weighted by Crippen LogP contribution is 2.35. The summed E-state index contributed by atoms with van der Waals surface area (Å²) in [6, 6.07) is 8.19. The fourth-order valence-electron chi connectivity index (χ4n) is 6.24. The zero-order valence-electron chi connectivity index (χ0n) is 25.1. The first-order chi connectivity index (χ1) is 19.5. The predicted octanol–water partition coefficient (Wildman–Crippen LogP) is 3.71. The number of amides is 2. The van der Waals surface area contributed by atoms with E-state index in [0.29, 0.717) is 37.4 Å². The number of piperidine rings is 1. The molecule has 2 amide bonds. The van der Waals surface area contributed by atoms with Crippen LogP contribution in [0.25, 0.3) is 6.08 Å². The molecule has 2 fully saturated rings. The first-order valence-corrected chi connectivity index (χ1v) is 16.7. The molecule has 2 heterocycles. The number of carbonyl (C=O) groups is 2. The van der Waals surface area contributed by atoms with Gasteiger partial charge in [-0.3, -0.25) is 19.5 Å².